The third kappa shape index (κ3) is 4.56. The molecule has 0 radical (unpaired) electrons. The van der Waals surface area contributed by atoms with Crippen LogP contribution in [-0.4, -0.2) is 31.4 Å². The molecule has 0 aromatic heterocycles. The van der Waals surface area contributed by atoms with E-state index in [1.807, 2.05) is 0 Å². The number of benzene rings is 2. The smallest absolute Gasteiger partial charge is 0.273 e. The van der Waals surface area contributed by atoms with Gasteiger partial charge in [0.25, 0.3) is 5.91 Å². The Morgan fingerprint density at radius 2 is 1.92 bits per heavy atom. The van der Waals surface area contributed by atoms with Crippen molar-refractivity contribution in [3.8, 4) is 11.5 Å². The number of halogens is 1. The van der Waals surface area contributed by atoms with Crippen molar-refractivity contribution in [3.63, 3.8) is 0 Å². The Kier molecular flexibility index (Phi) is 6.34. The number of carbonyl (C=O) groups excluding carboxylic acids is 1. The maximum absolute atomic E-state index is 12.0. The highest BCUT2D eigenvalue weighted by atomic mass is 79.9. The fourth-order valence-electron chi connectivity index (χ4n) is 1.96. The molecule has 2 aromatic rings. The highest BCUT2D eigenvalue weighted by Gasteiger charge is 2.16. The van der Waals surface area contributed by atoms with Gasteiger partial charge in [-0.15, -0.1) is 0 Å². The van der Waals surface area contributed by atoms with Crippen LogP contribution in [0.5, 0.6) is 11.5 Å². The van der Waals surface area contributed by atoms with E-state index in [1.54, 1.807) is 49.6 Å². The van der Waals surface area contributed by atoms with Gasteiger partial charge < -0.3 is 14.6 Å². The lowest BCUT2D eigenvalue weighted by Gasteiger charge is -2.09. The largest absolute Gasteiger partial charge is 0.497 e. The summed E-state index contributed by atoms with van der Waals surface area (Å²) in [6.07, 6.45) is 0.121. The molecule has 6 nitrogen and oxygen atoms in total. The number of methoxy groups -OCH3 is 2. The lowest BCUT2D eigenvalue weighted by Crippen LogP contribution is -2.25. The van der Waals surface area contributed by atoms with Gasteiger partial charge in [0, 0.05) is 10.0 Å². The van der Waals surface area contributed by atoms with E-state index >= 15 is 0 Å². The van der Waals surface area contributed by atoms with Gasteiger partial charge in [0.1, 0.15) is 11.5 Å². The first-order valence-corrected chi connectivity index (χ1v) is 7.83. The van der Waals surface area contributed by atoms with Crippen LogP contribution in [-0.2, 0) is 4.79 Å². The first-order valence-electron chi connectivity index (χ1n) is 7.03. The molecule has 0 bridgehead atoms. The van der Waals surface area contributed by atoms with Crippen LogP contribution < -0.4 is 14.9 Å². The van der Waals surface area contributed by atoms with E-state index in [1.165, 1.54) is 13.3 Å². The standard InChI is InChI=1S/C17H17BrN2O4/c1-23-14-7-8-15(24-2)12(9-14)10-19-20-17(22)16(21)11-3-5-13(18)6-4-11/h3-10,16,21H,1-2H3,(H,20,22)/b19-10+. The first-order chi connectivity index (χ1) is 11.5. The molecule has 0 saturated carbocycles. The molecule has 2 aromatic carbocycles. The molecule has 0 saturated heterocycles. The normalized spacial score (nSPS) is 12.0. The lowest BCUT2D eigenvalue weighted by atomic mass is 10.1. The molecule has 0 fully saturated rings. The number of rotatable bonds is 6. The molecule has 1 unspecified atom stereocenters. The number of nitrogens with one attached hydrogen (secondary N) is 1. The zero-order valence-electron chi connectivity index (χ0n) is 13.2. The number of nitrogens with zero attached hydrogens (tertiary/aromatic N) is 1. The van der Waals surface area contributed by atoms with Crippen molar-refractivity contribution in [2.45, 2.75) is 6.10 Å². The van der Waals surface area contributed by atoms with Crippen LogP contribution in [0.15, 0.2) is 52.0 Å². The third-order valence-corrected chi connectivity index (χ3v) is 3.78. The molecule has 0 aliphatic carbocycles. The highest BCUT2D eigenvalue weighted by Crippen LogP contribution is 2.22. The third-order valence-electron chi connectivity index (χ3n) is 3.25. The van der Waals surface area contributed by atoms with E-state index in [4.69, 9.17) is 9.47 Å². The van der Waals surface area contributed by atoms with Gasteiger partial charge in [-0.05, 0) is 35.9 Å². The topological polar surface area (TPSA) is 80.2 Å². The van der Waals surface area contributed by atoms with Gasteiger partial charge in [-0.2, -0.15) is 5.10 Å². The minimum atomic E-state index is -1.30. The molecule has 0 aliphatic heterocycles. The summed E-state index contributed by atoms with van der Waals surface area (Å²) in [5.74, 6) is 0.594. The molecule has 0 aliphatic rings. The van der Waals surface area contributed by atoms with Gasteiger partial charge in [-0.1, -0.05) is 28.1 Å². The maximum atomic E-state index is 12.0. The molecule has 1 atom stereocenters. The van der Waals surface area contributed by atoms with Crippen LogP contribution >= 0.6 is 15.9 Å². The van der Waals surface area contributed by atoms with Crippen molar-refractivity contribution in [1.82, 2.24) is 5.43 Å². The monoisotopic (exact) mass is 392 g/mol. The number of carbonyl (C=O) groups is 1. The second-order valence-corrected chi connectivity index (χ2v) is 5.71. The van der Waals surface area contributed by atoms with Crippen molar-refractivity contribution < 1.29 is 19.4 Å². The second-order valence-electron chi connectivity index (χ2n) is 4.80. The average molecular weight is 393 g/mol. The van der Waals surface area contributed by atoms with Gasteiger partial charge in [0.2, 0.25) is 0 Å². The van der Waals surface area contributed by atoms with E-state index in [0.29, 0.717) is 22.6 Å². The zero-order valence-corrected chi connectivity index (χ0v) is 14.8. The summed E-state index contributed by atoms with van der Waals surface area (Å²) in [5.41, 5.74) is 3.42. The van der Waals surface area contributed by atoms with Crippen LogP contribution in [0.2, 0.25) is 0 Å². The van der Waals surface area contributed by atoms with Crippen LogP contribution in [0.4, 0.5) is 0 Å². The number of ether oxygens (including phenoxy) is 2. The van der Waals surface area contributed by atoms with E-state index in [-0.39, 0.29) is 0 Å². The van der Waals surface area contributed by atoms with Gasteiger partial charge in [0.15, 0.2) is 6.10 Å². The molecule has 0 spiro atoms. The number of aliphatic hydroxyl groups excluding tert-OH is 1. The van der Waals surface area contributed by atoms with Crippen molar-refractivity contribution in [1.29, 1.82) is 0 Å². The summed E-state index contributed by atoms with van der Waals surface area (Å²) in [6, 6.07) is 12.0. The highest BCUT2D eigenvalue weighted by molar-refractivity contribution is 9.10. The Hall–Kier alpha value is -2.38. The van der Waals surface area contributed by atoms with E-state index in [0.717, 1.165) is 4.47 Å². The van der Waals surface area contributed by atoms with Crippen molar-refractivity contribution in [2.24, 2.45) is 5.10 Å². The van der Waals surface area contributed by atoms with Crippen molar-refractivity contribution >= 4 is 28.1 Å². The number of hydrogen-bond acceptors (Lipinski definition) is 5. The van der Waals surface area contributed by atoms with Crippen LogP contribution in [0.3, 0.4) is 0 Å². The molecule has 1 amide bonds. The molecule has 2 N–H and O–H groups in total. The first kappa shape index (κ1) is 18.0. The summed E-state index contributed by atoms with van der Waals surface area (Å²) in [6.45, 7) is 0. The Morgan fingerprint density at radius 1 is 1.21 bits per heavy atom. The predicted molar refractivity (Wildman–Crippen MR) is 94.4 cm³/mol. The van der Waals surface area contributed by atoms with Gasteiger partial charge in [0.05, 0.1) is 20.4 Å². The minimum Gasteiger partial charge on any atom is -0.497 e. The van der Waals surface area contributed by atoms with Crippen LogP contribution in [0.25, 0.3) is 0 Å². The SMILES string of the molecule is COc1ccc(OC)c(/C=N/NC(=O)C(O)c2ccc(Br)cc2)c1. The van der Waals surface area contributed by atoms with Crippen molar-refractivity contribution in [3.05, 3.63) is 58.1 Å². The summed E-state index contributed by atoms with van der Waals surface area (Å²) >= 11 is 3.30. The Balaban J connectivity index is 2.05. The molecule has 24 heavy (non-hydrogen) atoms. The molecule has 0 heterocycles. The lowest BCUT2D eigenvalue weighted by molar-refractivity contribution is -0.129. The molecule has 7 heteroatoms. The number of hydrogen-bond donors (Lipinski definition) is 2. The van der Waals surface area contributed by atoms with E-state index in [9.17, 15) is 9.90 Å². The van der Waals surface area contributed by atoms with E-state index in [2.05, 4.69) is 26.5 Å². The average Bonchev–Trinajstić information content (AvgIpc) is 2.61. The fraction of sp³-hybridized carbons (Fsp3) is 0.176. The quantitative estimate of drug-likeness (QED) is 0.584. The summed E-state index contributed by atoms with van der Waals surface area (Å²) in [4.78, 5) is 12.0. The van der Waals surface area contributed by atoms with Crippen LogP contribution in [0.1, 0.15) is 17.2 Å². The van der Waals surface area contributed by atoms with Gasteiger partial charge in [-0.25, -0.2) is 5.43 Å². The van der Waals surface area contributed by atoms with E-state index < -0.39 is 12.0 Å². The summed E-state index contributed by atoms with van der Waals surface area (Å²) in [7, 11) is 3.09. The van der Waals surface area contributed by atoms with Crippen molar-refractivity contribution in [2.75, 3.05) is 14.2 Å². The Bertz CT molecular complexity index is 732. The summed E-state index contributed by atoms with van der Waals surface area (Å²) < 4.78 is 11.2. The molecular weight excluding hydrogens is 376 g/mol. The molecular formula is C17H17BrN2O4. The van der Waals surface area contributed by atoms with Gasteiger partial charge in [-0.3, -0.25) is 4.79 Å². The maximum Gasteiger partial charge on any atom is 0.273 e. The second kappa shape index (κ2) is 8.47. The minimum absolute atomic E-state index is 0.477. The number of aliphatic hydroxyl groups is 1. The predicted octanol–water partition coefficient (Wildman–Crippen LogP) is 2.65. The Morgan fingerprint density at radius 3 is 2.54 bits per heavy atom. The molecule has 126 valence electrons. The molecule has 2 rings (SSSR count). The number of amides is 1. The fourth-order valence-corrected chi connectivity index (χ4v) is 2.23. The van der Waals surface area contributed by atoms with Crippen LogP contribution in [0, 0.1) is 0 Å². The number of hydrazone groups is 1. The van der Waals surface area contributed by atoms with Gasteiger partial charge >= 0.3 is 0 Å². The summed E-state index contributed by atoms with van der Waals surface area (Å²) in [5, 5.41) is 13.9. The zero-order chi connectivity index (χ0) is 17.5. The Labute approximate surface area is 148 Å².